The summed E-state index contributed by atoms with van der Waals surface area (Å²) < 4.78 is 35.2. The lowest BCUT2D eigenvalue weighted by molar-refractivity contribution is 0.145. The van der Waals surface area contributed by atoms with Crippen LogP contribution in [0, 0.1) is 0 Å². The van der Waals surface area contributed by atoms with Gasteiger partial charge in [0.1, 0.15) is 11.9 Å². The molecule has 1 aliphatic rings. The van der Waals surface area contributed by atoms with Crippen molar-refractivity contribution in [1.82, 2.24) is 4.31 Å². The number of amides is 1. The highest BCUT2D eigenvalue weighted by atomic mass is 35.5. The van der Waals surface area contributed by atoms with Gasteiger partial charge in [0.25, 0.3) is 0 Å². The molecular formula is C16H14ClNO5S2. The number of halogens is 1. The number of rotatable bonds is 6. The van der Waals surface area contributed by atoms with Crippen LogP contribution in [0.2, 0.25) is 5.02 Å². The molecule has 132 valence electrons. The van der Waals surface area contributed by atoms with Gasteiger partial charge in [-0.1, -0.05) is 29.8 Å². The third-order valence-electron chi connectivity index (χ3n) is 3.30. The normalized spacial score (nSPS) is 17.4. The second-order valence-corrected chi connectivity index (χ2v) is 8.15. The van der Waals surface area contributed by atoms with Gasteiger partial charge in [-0.3, -0.25) is 0 Å². The number of hydrogen-bond donors (Lipinski definition) is 0. The van der Waals surface area contributed by atoms with Crippen LogP contribution in [-0.4, -0.2) is 37.2 Å². The Kier molecular flexibility index (Phi) is 5.41. The molecule has 0 aliphatic carbocycles. The first-order valence-corrected chi connectivity index (χ1v) is 10.0. The summed E-state index contributed by atoms with van der Waals surface area (Å²) in [4.78, 5) is 12.9. The number of hydrogen-bond acceptors (Lipinski definition) is 6. The fourth-order valence-corrected chi connectivity index (χ4v) is 4.18. The van der Waals surface area contributed by atoms with E-state index in [2.05, 4.69) is 0 Å². The Hall–Kier alpha value is -1.90. The molecule has 25 heavy (non-hydrogen) atoms. The summed E-state index contributed by atoms with van der Waals surface area (Å²) in [5, 5.41) is 0.448. The predicted octanol–water partition coefficient (Wildman–Crippen LogP) is 3.58. The van der Waals surface area contributed by atoms with Crippen molar-refractivity contribution in [2.45, 2.75) is 11.0 Å². The summed E-state index contributed by atoms with van der Waals surface area (Å²) in [7, 11) is -4.28. The van der Waals surface area contributed by atoms with Crippen LogP contribution >= 0.6 is 23.4 Å². The molecule has 0 spiro atoms. The van der Waals surface area contributed by atoms with Crippen molar-refractivity contribution in [2.75, 3.05) is 12.3 Å². The molecule has 2 aromatic carbocycles. The van der Waals surface area contributed by atoms with Crippen LogP contribution in [0.15, 0.2) is 59.5 Å². The highest BCUT2D eigenvalue weighted by molar-refractivity contribution is 7.99. The maximum Gasteiger partial charge on any atom is 0.426 e. The average molecular weight is 400 g/mol. The Morgan fingerprint density at radius 1 is 1.16 bits per heavy atom. The number of benzene rings is 2. The first kappa shape index (κ1) is 17.9. The smallest absolute Gasteiger partial charge is 0.426 e. The summed E-state index contributed by atoms with van der Waals surface area (Å²) in [5.41, 5.74) is 0. The van der Waals surface area contributed by atoms with Crippen molar-refractivity contribution in [1.29, 1.82) is 0 Å². The van der Waals surface area contributed by atoms with E-state index < -0.39 is 22.5 Å². The highest BCUT2D eigenvalue weighted by Crippen LogP contribution is 2.25. The quantitative estimate of drug-likeness (QED) is 0.691. The maximum atomic E-state index is 12.3. The van der Waals surface area contributed by atoms with Crippen molar-refractivity contribution in [3.05, 3.63) is 59.6 Å². The zero-order chi connectivity index (χ0) is 17.9. The molecular weight excluding hydrogens is 386 g/mol. The van der Waals surface area contributed by atoms with Crippen molar-refractivity contribution in [3.8, 4) is 5.75 Å². The van der Waals surface area contributed by atoms with Crippen LogP contribution in [0.25, 0.3) is 0 Å². The molecule has 1 unspecified atom stereocenters. The SMILES string of the molecule is O=C1OC(CSc2ccccc2)CN1S(=O)(=O)Oc1ccc(Cl)cc1. The number of thioether (sulfide) groups is 1. The number of cyclic esters (lactones) is 1. The molecule has 0 radical (unpaired) electrons. The topological polar surface area (TPSA) is 72.9 Å². The molecule has 1 aliphatic heterocycles. The van der Waals surface area contributed by atoms with Crippen LogP contribution in [-0.2, 0) is 15.0 Å². The molecule has 1 saturated heterocycles. The molecule has 9 heteroatoms. The van der Waals surface area contributed by atoms with Crippen molar-refractivity contribution in [2.24, 2.45) is 0 Å². The molecule has 1 atom stereocenters. The molecule has 2 aromatic rings. The number of nitrogens with zero attached hydrogens (tertiary/aromatic N) is 1. The molecule has 3 rings (SSSR count). The van der Waals surface area contributed by atoms with Gasteiger partial charge < -0.3 is 8.92 Å². The van der Waals surface area contributed by atoms with Gasteiger partial charge in [0.15, 0.2) is 0 Å². The van der Waals surface area contributed by atoms with Gasteiger partial charge in [0.2, 0.25) is 0 Å². The lowest BCUT2D eigenvalue weighted by atomic mass is 10.3. The van der Waals surface area contributed by atoms with Gasteiger partial charge in [-0.25, -0.2) is 4.79 Å². The summed E-state index contributed by atoms with van der Waals surface area (Å²) >= 11 is 7.23. The Morgan fingerprint density at radius 3 is 2.52 bits per heavy atom. The average Bonchev–Trinajstić information content (AvgIpc) is 2.98. The van der Waals surface area contributed by atoms with E-state index in [1.165, 1.54) is 36.0 Å². The summed E-state index contributed by atoms with van der Waals surface area (Å²) in [6, 6.07) is 15.4. The lowest BCUT2D eigenvalue weighted by Crippen LogP contribution is -2.35. The summed E-state index contributed by atoms with van der Waals surface area (Å²) in [6.07, 6.45) is -1.48. The first-order chi connectivity index (χ1) is 11.9. The highest BCUT2D eigenvalue weighted by Gasteiger charge is 2.41. The molecule has 0 bridgehead atoms. The second-order valence-electron chi connectivity index (χ2n) is 5.16. The zero-order valence-electron chi connectivity index (χ0n) is 12.9. The van der Waals surface area contributed by atoms with Crippen molar-refractivity contribution >= 4 is 39.8 Å². The van der Waals surface area contributed by atoms with Gasteiger partial charge in [-0.2, -0.15) is 12.7 Å². The number of carbonyl (C=O) groups is 1. The maximum absolute atomic E-state index is 12.3. The zero-order valence-corrected chi connectivity index (χ0v) is 15.3. The van der Waals surface area contributed by atoms with E-state index in [9.17, 15) is 13.2 Å². The van der Waals surface area contributed by atoms with E-state index in [-0.39, 0.29) is 12.3 Å². The fourth-order valence-electron chi connectivity index (χ4n) is 2.13. The monoisotopic (exact) mass is 399 g/mol. The minimum Gasteiger partial charge on any atom is -0.442 e. The molecule has 0 saturated carbocycles. The molecule has 0 aromatic heterocycles. The largest absolute Gasteiger partial charge is 0.442 e. The van der Waals surface area contributed by atoms with Crippen LogP contribution in [0.5, 0.6) is 5.75 Å². The minimum atomic E-state index is -4.28. The van der Waals surface area contributed by atoms with Gasteiger partial charge in [-0.05, 0) is 36.4 Å². The Bertz CT molecular complexity index is 843. The van der Waals surface area contributed by atoms with E-state index in [1.807, 2.05) is 30.3 Å². The van der Waals surface area contributed by atoms with Crippen LogP contribution in [0.1, 0.15) is 0 Å². The van der Waals surface area contributed by atoms with Gasteiger partial charge in [-0.15, -0.1) is 11.8 Å². The molecule has 1 heterocycles. The molecule has 6 nitrogen and oxygen atoms in total. The summed E-state index contributed by atoms with van der Waals surface area (Å²) in [5.74, 6) is 0.516. The van der Waals surface area contributed by atoms with E-state index in [1.54, 1.807) is 0 Å². The Balaban J connectivity index is 1.62. The standard InChI is InChI=1S/C16H14ClNO5S2/c17-12-6-8-13(9-7-12)23-25(20,21)18-10-14(22-16(18)19)11-24-15-4-2-1-3-5-15/h1-9,14H,10-11H2. The van der Waals surface area contributed by atoms with Crippen LogP contribution < -0.4 is 4.18 Å². The van der Waals surface area contributed by atoms with E-state index in [0.29, 0.717) is 15.1 Å². The van der Waals surface area contributed by atoms with Gasteiger partial charge >= 0.3 is 16.4 Å². The van der Waals surface area contributed by atoms with Crippen molar-refractivity contribution < 1.29 is 22.1 Å². The number of carbonyl (C=O) groups excluding carboxylic acids is 1. The third kappa shape index (κ3) is 4.59. The van der Waals surface area contributed by atoms with Gasteiger partial charge in [0, 0.05) is 15.7 Å². The van der Waals surface area contributed by atoms with Crippen LogP contribution in [0.3, 0.4) is 0 Å². The first-order valence-electron chi connectivity index (χ1n) is 7.30. The molecule has 0 N–H and O–H groups in total. The van der Waals surface area contributed by atoms with Crippen LogP contribution in [0.4, 0.5) is 4.79 Å². The molecule has 1 fully saturated rings. The predicted molar refractivity (Wildman–Crippen MR) is 95.1 cm³/mol. The van der Waals surface area contributed by atoms with E-state index in [0.717, 1.165) is 4.90 Å². The Morgan fingerprint density at radius 2 is 1.84 bits per heavy atom. The second kappa shape index (κ2) is 7.55. The van der Waals surface area contributed by atoms with E-state index in [4.69, 9.17) is 20.5 Å². The summed E-state index contributed by atoms with van der Waals surface area (Å²) in [6.45, 7) is -0.0887. The van der Waals surface area contributed by atoms with Gasteiger partial charge in [0.05, 0.1) is 6.54 Å². The Labute approximate surface area is 154 Å². The third-order valence-corrected chi connectivity index (χ3v) is 5.94. The minimum absolute atomic E-state index is 0.0688. The number of ether oxygens (including phenoxy) is 1. The van der Waals surface area contributed by atoms with Crippen molar-refractivity contribution in [3.63, 3.8) is 0 Å². The van der Waals surface area contributed by atoms with E-state index >= 15 is 0 Å². The molecule has 1 amide bonds. The fraction of sp³-hybridized carbons (Fsp3) is 0.188. The lowest BCUT2D eigenvalue weighted by Gasteiger charge is -2.13.